The zero-order chi connectivity index (χ0) is 13.2. The summed E-state index contributed by atoms with van der Waals surface area (Å²) in [6.45, 7) is 2.21. The zero-order valence-electron chi connectivity index (χ0n) is 10.6. The number of carbonyl (C=O) groups excluding carboxylic acids is 1. The highest BCUT2D eigenvalue weighted by molar-refractivity contribution is 5.90. The number of halogens is 1. The molecule has 3 rings (SSSR count). The third kappa shape index (κ3) is 2.30. The van der Waals surface area contributed by atoms with Gasteiger partial charge in [-0.3, -0.25) is 4.90 Å². The number of hydrogen-bond donors (Lipinski definition) is 1. The van der Waals surface area contributed by atoms with Crippen molar-refractivity contribution in [3.05, 3.63) is 30.1 Å². The Bertz CT molecular complexity index is 474. The van der Waals surface area contributed by atoms with Gasteiger partial charge in [0.05, 0.1) is 11.7 Å². The number of para-hydroxylation sites is 1. The van der Waals surface area contributed by atoms with Crippen molar-refractivity contribution < 1.29 is 13.9 Å². The number of carbonyl (C=O) groups is 1. The minimum atomic E-state index is -0.444. The highest BCUT2D eigenvalue weighted by Crippen LogP contribution is 2.31. The SMILES string of the molecule is O=C1OCC(C2CCCNC2)N1c1ccccc1F. The minimum Gasteiger partial charge on any atom is -0.447 e. The first kappa shape index (κ1) is 12.4. The van der Waals surface area contributed by atoms with Crippen LogP contribution in [0.15, 0.2) is 24.3 Å². The Morgan fingerprint density at radius 3 is 2.95 bits per heavy atom. The number of nitrogens with one attached hydrogen (secondary N) is 1. The van der Waals surface area contributed by atoms with Crippen LogP contribution in [0.25, 0.3) is 0 Å². The van der Waals surface area contributed by atoms with E-state index in [1.165, 1.54) is 11.0 Å². The van der Waals surface area contributed by atoms with Crippen molar-refractivity contribution >= 4 is 11.8 Å². The molecule has 2 atom stereocenters. The maximum atomic E-state index is 13.9. The fourth-order valence-electron chi connectivity index (χ4n) is 2.91. The van der Waals surface area contributed by atoms with Crippen molar-refractivity contribution in [1.82, 2.24) is 5.32 Å². The zero-order valence-corrected chi connectivity index (χ0v) is 10.6. The summed E-state index contributed by atoms with van der Waals surface area (Å²) in [4.78, 5) is 13.4. The second-order valence-corrected chi connectivity index (χ2v) is 5.07. The van der Waals surface area contributed by atoms with E-state index in [1.807, 2.05) is 0 Å². The van der Waals surface area contributed by atoms with Gasteiger partial charge < -0.3 is 10.1 Å². The van der Waals surface area contributed by atoms with E-state index in [4.69, 9.17) is 4.74 Å². The van der Waals surface area contributed by atoms with E-state index in [-0.39, 0.29) is 11.9 Å². The molecule has 2 heterocycles. The minimum absolute atomic E-state index is 0.0720. The van der Waals surface area contributed by atoms with Gasteiger partial charge in [0.2, 0.25) is 0 Å². The summed E-state index contributed by atoms with van der Waals surface area (Å²) in [6, 6.07) is 6.29. The Kier molecular flexibility index (Phi) is 3.38. The Hall–Kier alpha value is -1.62. The molecule has 19 heavy (non-hydrogen) atoms. The van der Waals surface area contributed by atoms with Crippen LogP contribution in [-0.4, -0.2) is 31.8 Å². The average Bonchev–Trinajstić information content (AvgIpc) is 2.82. The Morgan fingerprint density at radius 1 is 1.37 bits per heavy atom. The monoisotopic (exact) mass is 264 g/mol. The molecule has 0 bridgehead atoms. The Morgan fingerprint density at radius 2 is 2.21 bits per heavy atom. The molecule has 2 aliphatic rings. The molecule has 2 unspecified atom stereocenters. The van der Waals surface area contributed by atoms with Gasteiger partial charge in [0.1, 0.15) is 12.4 Å². The number of hydrogen-bond acceptors (Lipinski definition) is 3. The molecule has 0 radical (unpaired) electrons. The number of cyclic esters (lactones) is 1. The smallest absolute Gasteiger partial charge is 0.414 e. The second-order valence-electron chi connectivity index (χ2n) is 5.07. The van der Waals surface area contributed by atoms with Gasteiger partial charge in [-0.05, 0) is 37.4 Å². The van der Waals surface area contributed by atoms with Crippen molar-refractivity contribution in [3.63, 3.8) is 0 Å². The van der Waals surface area contributed by atoms with E-state index in [1.54, 1.807) is 18.2 Å². The van der Waals surface area contributed by atoms with Gasteiger partial charge in [0.15, 0.2) is 0 Å². The fourth-order valence-corrected chi connectivity index (χ4v) is 2.91. The average molecular weight is 264 g/mol. The van der Waals surface area contributed by atoms with Gasteiger partial charge >= 0.3 is 6.09 Å². The third-order valence-corrected chi connectivity index (χ3v) is 3.90. The normalized spacial score (nSPS) is 27.4. The number of anilines is 1. The molecule has 102 valence electrons. The van der Waals surface area contributed by atoms with Crippen LogP contribution in [0.4, 0.5) is 14.9 Å². The predicted molar refractivity (Wildman–Crippen MR) is 69.6 cm³/mol. The van der Waals surface area contributed by atoms with E-state index >= 15 is 0 Å². The molecule has 2 aliphatic heterocycles. The largest absolute Gasteiger partial charge is 0.447 e. The lowest BCUT2D eigenvalue weighted by Gasteiger charge is -2.32. The topological polar surface area (TPSA) is 41.6 Å². The van der Waals surface area contributed by atoms with Crippen LogP contribution in [0.2, 0.25) is 0 Å². The Labute approximate surface area is 111 Å². The first-order chi connectivity index (χ1) is 9.27. The van der Waals surface area contributed by atoms with E-state index in [0.717, 1.165) is 25.9 Å². The highest BCUT2D eigenvalue weighted by atomic mass is 19.1. The van der Waals surface area contributed by atoms with E-state index < -0.39 is 6.09 Å². The van der Waals surface area contributed by atoms with Crippen LogP contribution in [0.1, 0.15) is 12.8 Å². The summed E-state index contributed by atoms with van der Waals surface area (Å²) < 4.78 is 19.0. The number of nitrogens with zero attached hydrogens (tertiary/aromatic N) is 1. The lowest BCUT2D eigenvalue weighted by atomic mass is 9.91. The summed E-state index contributed by atoms with van der Waals surface area (Å²) in [5.41, 5.74) is 0.320. The van der Waals surface area contributed by atoms with Crippen molar-refractivity contribution in [2.45, 2.75) is 18.9 Å². The van der Waals surface area contributed by atoms with Gasteiger partial charge in [-0.15, -0.1) is 0 Å². The van der Waals surface area contributed by atoms with Gasteiger partial charge in [-0.25, -0.2) is 9.18 Å². The van der Waals surface area contributed by atoms with Crippen molar-refractivity contribution in [3.8, 4) is 0 Å². The molecule has 2 saturated heterocycles. The molecular weight excluding hydrogens is 247 g/mol. The first-order valence-corrected chi connectivity index (χ1v) is 6.68. The van der Waals surface area contributed by atoms with Crippen LogP contribution >= 0.6 is 0 Å². The number of ether oxygens (including phenoxy) is 1. The summed E-state index contributed by atoms with van der Waals surface area (Å²) in [7, 11) is 0. The molecule has 0 saturated carbocycles. The number of amides is 1. The van der Waals surface area contributed by atoms with Crippen molar-refractivity contribution in [1.29, 1.82) is 0 Å². The van der Waals surface area contributed by atoms with E-state index in [9.17, 15) is 9.18 Å². The van der Waals surface area contributed by atoms with E-state index in [0.29, 0.717) is 18.2 Å². The lowest BCUT2D eigenvalue weighted by Crippen LogP contribution is -2.45. The molecule has 5 heteroatoms. The van der Waals surface area contributed by atoms with Crippen LogP contribution in [0.3, 0.4) is 0 Å². The number of piperidine rings is 1. The summed E-state index contributed by atoms with van der Waals surface area (Å²) >= 11 is 0. The quantitative estimate of drug-likeness (QED) is 0.890. The summed E-state index contributed by atoms with van der Waals surface area (Å²) in [5.74, 6) is -0.0603. The highest BCUT2D eigenvalue weighted by Gasteiger charge is 2.40. The van der Waals surface area contributed by atoms with Crippen LogP contribution in [-0.2, 0) is 4.74 Å². The number of rotatable bonds is 2. The van der Waals surface area contributed by atoms with E-state index in [2.05, 4.69) is 5.32 Å². The maximum absolute atomic E-state index is 13.9. The van der Waals surface area contributed by atoms with Gasteiger partial charge in [0, 0.05) is 6.54 Å². The molecule has 0 spiro atoms. The van der Waals surface area contributed by atoms with Crippen molar-refractivity contribution in [2.24, 2.45) is 5.92 Å². The standard InChI is InChI=1S/C14H17FN2O2/c15-11-5-1-2-6-12(11)17-13(9-19-14(17)18)10-4-3-7-16-8-10/h1-2,5-6,10,13,16H,3-4,7-9H2. The van der Waals surface area contributed by atoms with Crippen LogP contribution in [0, 0.1) is 11.7 Å². The van der Waals surface area contributed by atoms with Crippen LogP contribution in [0.5, 0.6) is 0 Å². The van der Waals surface area contributed by atoms with Crippen LogP contribution < -0.4 is 10.2 Å². The first-order valence-electron chi connectivity index (χ1n) is 6.68. The molecule has 1 aromatic rings. The van der Waals surface area contributed by atoms with Gasteiger partial charge in [0.25, 0.3) is 0 Å². The summed E-state index contributed by atoms with van der Waals surface area (Å²) in [5, 5.41) is 3.33. The fraction of sp³-hybridized carbons (Fsp3) is 0.500. The second kappa shape index (κ2) is 5.17. The molecule has 1 N–H and O–H groups in total. The Balaban J connectivity index is 1.88. The molecule has 0 aromatic heterocycles. The lowest BCUT2D eigenvalue weighted by molar-refractivity contribution is 0.174. The molecule has 4 nitrogen and oxygen atoms in total. The van der Waals surface area contributed by atoms with Gasteiger partial charge in [-0.1, -0.05) is 12.1 Å². The third-order valence-electron chi connectivity index (χ3n) is 3.90. The summed E-state index contributed by atoms with van der Waals surface area (Å²) in [6.07, 6.45) is 1.68. The predicted octanol–water partition coefficient (Wildman–Crippen LogP) is 2.15. The van der Waals surface area contributed by atoms with Gasteiger partial charge in [-0.2, -0.15) is 0 Å². The maximum Gasteiger partial charge on any atom is 0.414 e. The van der Waals surface area contributed by atoms with Crippen molar-refractivity contribution in [2.75, 3.05) is 24.6 Å². The molecule has 1 aromatic carbocycles. The molecule has 0 aliphatic carbocycles. The molecular formula is C14H17FN2O2. The molecule has 2 fully saturated rings. The molecule has 1 amide bonds. The number of benzene rings is 1.